The van der Waals surface area contributed by atoms with Gasteiger partial charge in [-0.05, 0) is 30.3 Å². The van der Waals surface area contributed by atoms with Gasteiger partial charge in [-0.2, -0.15) is 0 Å². The lowest BCUT2D eigenvalue weighted by molar-refractivity contribution is -0.132. The summed E-state index contributed by atoms with van der Waals surface area (Å²) in [6.07, 6.45) is 0. The van der Waals surface area contributed by atoms with E-state index in [-0.39, 0.29) is 5.75 Å². The Bertz CT molecular complexity index is 1130. The molecule has 0 aromatic heterocycles. The Hall–Kier alpha value is -3.56. The van der Waals surface area contributed by atoms with Crippen LogP contribution in [0.5, 0.6) is 5.75 Å². The number of nitrogens with zero attached hydrogens (tertiary/aromatic N) is 1. The van der Waals surface area contributed by atoms with Crippen molar-refractivity contribution in [3.63, 3.8) is 0 Å². The molecule has 2 aromatic carbocycles. The number of ether oxygens (including phenoxy) is 1. The van der Waals surface area contributed by atoms with Gasteiger partial charge in [0.2, 0.25) is 17.7 Å². The number of nitrogens with one attached hydrogen (secondary N) is 2. The van der Waals surface area contributed by atoms with Gasteiger partial charge in [-0.25, -0.2) is 4.90 Å². The highest BCUT2D eigenvalue weighted by Gasteiger charge is 2.70. The van der Waals surface area contributed by atoms with Crippen molar-refractivity contribution in [2.45, 2.75) is 18.5 Å². The van der Waals surface area contributed by atoms with Crippen LogP contribution < -0.4 is 20.3 Å². The number of amides is 3. The Morgan fingerprint density at radius 3 is 2.48 bits per heavy atom. The number of fused-ring (bicyclic) bond motifs is 4. The maximum Gasteiger partial charge on any atom is 0.308 e. The molecule has 9 heteroatoms. The van der Waals surface area contributed by atoms with Gasteiger partial charge >= 0.3 is 5.97 Å². The summed E-state index contributed by atoms with van der Waals surface area (Å²) in [5.41, 5.74) is 0.0214. The van der Waals surface area contributed by atoms with Gasteiger partial charge in [0.15, 0.2) is 0 Å². The van der Waals surface area contributed by atoms with E-state index in [0.717, 1.165) is 4.90 Å². The highest BCUT2D eigenvalue weighted by molar-refractivity contribution is 6.25. The molecule has 3 aliphatic heterocycles. The Kier molecular flexibility index (Phi) is 4.21. The van der Waals surface area contributed by atoms with Crippen molar-refractivity contribution in [3.05, 3.63) is 54.1 Å². The van der Waals surface area contributed by atoms with E-state index in [1.54, 1.807) is 24.3 Å². The number of aliphatic hydroxyl groups is 1. The first-order valence-corrected chi connectivity index (χ1v) is 9.84. The van der Waals surface area contributed by atoms with Gasteiger partial charge in [-0.3, -0.25) is 24.5 Å². The van der Waals surface area contributed by atoms with Crippen molar-refractivity contribution in [2.75, 3.05) is 16.8 Å². The predicted octanol–water partition coefficient (Wildman–Crippen LogP) is 0.529. The Balaban J connectivity index is 1.58. The van der Waals surface area contributed by atoms with E-state index < -0.39 is 53.7 Å². The van der Waals surface area contributed by atoms with Crippen LogP contribution in [0.15, 0.2) is 48.5 Å². The largest absolute Gasteiger partial charge is 0.427 e. The van der Waals surface area contributed by atoms with Gasteiger partial charge < -0.3 is 15.2 Å². The number of para-hydroxylation sites is 1. The van der Waals surface area contributed by atoms with Crippen LogP contribution in [-0.2, 0) is 24.7 Å². The molecule has 2 saturated heterocycles. The fourth-order valence-electron chi connectivity index (χ4n) is 5.00. The number of carbonyl (C=O) groups excluding carboxylic acids is 4. The SMILES string of the molecule is CC(=O)Oc1ccc(N2C(=O)[C@H]3[C@H](CO)N[C@@]4(C(=O)Nc5ccccc54)[C@@H]3C2=O)cc1. The zero-order valence-electron chi connectivity index (χ0n) is 16.5. The molecule has 5 rings (SSSR count). The number of esters is 1. The second kappa shape index (κ2) is 6.73. The highest BCUT2D eigenvalue weighted by Crippen LogP contribution is 2.53. The van der Waals surface area contributed by atoms with Gasteiger partial charge in [0.1, 0.15) is 11.3 Å². The molecule has 0 unspecified atom stereocenters. The highest BCUT2D eigenvalue weighted by atomic mass is 16.5. The lowest BCUT2D eigenvalue weighted by atomic mass is 9.76. The molecule has 3 amide bonds. The van der Waals surface area contributed by atoms with E-state index in [1.807, 2.05) is 0 Å². The number of rotatable bonds is 3. The number of benzene rings is 2. The van der Waals surface area contributed by atoms with Gasteiger partial charge in [-0.1, -0.05) is 18.2 Å². The van der Waals surface area contributed by atoms with Crippen LogP contribution in [0.3, 0.4) is 0 Å². The summed E-state index contributed by atoms with van der Waals surface area (Å²) in [6, 6.07) is 12.2. The molecule has 4 atom stereocenters. The number of hydrogen-bond donors (Lipinski definition) is 3. The van der Waals surface area contributed by atoms with Crippen LogP contribution in [0, 0.1) is 11.8 Å². The van der Waals surface area contributed by atoms with Gasteiger partial charge in [-0.15, -0.1) is 0 Å². The molecule has 0 aliphatic carbocycles. The summed E-state index contributed by atoms with van der Waals surface area (Å²) in [4.78, 5) is 52.2. The van der Waals surface area contributed by atoms with Crippen LogP contribution in [0.2, 0.25) is 0 Å². The van der Waals surface area contributed by atoms with Crippen LogP contribution in [0.25, 0.3) is 0 Å². The number of aliphatic hydroxyl groups excluding tert-OH is 1. The Labute approximate surface area is 177 Å². The average molecular weight is 421 g/mol. The quantitative estimate of drug-likeness (QED) is 0.375. The van der Waals surface area contributed by atoms with Crippen LogP contribution in [0.1, 0.15) is 12.5 Å². The molecule has 31 heavy (non-hydrogen) atoms. The first kappa shape index (κ1) is 19.4. The van der Waals surface area contributed by atoms with E-state index in [2.05, 4.69) is 10.6 Å². The molecule has 0 saturated carbocycles. The maximum atomic E-state index is 13.6. The van der Waals surface area contributed by atoms with Crippen molar-refractivity contribution in [1.82, 2.24) is 5.32 Å². The van der Waals surface area contributed by atoms with E-state index in [1.165, 1.54) is 31.2 Å². The molecular formula is C22H19N3O6. The summed E-state index contributed by atoms with van der Waals surface area (Å²) in [7, 11) is 0. The lowest BCUT2D eigenvalue weighted by Gasteiger charge is -2.29. The van der Waals surface area contributed by atoms with Gasteiger partial charge in [0.05, 0.1) is 24.1 Å². The smallest absolute Gasteiger partial charge is 0.308 e. The third-order valence-corrected chi connectivity index (χ3v) is 6.18. The third-order valence-electron chi connectivity index (χ3n) is 6.18. The third kappa shape index (κ3) is 2.57. The van der Waals surface area contributed by atoms with E-state index in [4.69, 9.17) is 4.74 Å². The van der Waals surface area contributed by atoms with Crippen LogP contribution in [0.4, 0.5) is 11.4 Å². The van der Waals surface area contributed by atoms with Crippen LogP contribution in [-0.4, -0.2) is 41.4 Å². The normalized spacial score (nSPS) is 28.6. The minimum atomic E-state index is -1.44. The molecule has 9 nitrogen and oxygen atoms in total. The summed E-state index contributed by atoms with van der Waals surface area (Å²) in [5.74, 6) is -3.54. The van der Waals surface area contributed by atoms with Crippen molar-refractivity contribution in [2.24, 2.45) is 11.8 Å². The molecule has 2 fully saturated rings. The summed E-state index contributed by atoms with van der Waals surface area (Å²) >= 11 is 0. The minimum absolute atomic E-state index is 0.283. The first-order valence-electron chi connectivity index (χ1n) is 9.84. The van der Waals surface area contributed by atoms with Crippen molar-refractivity contribution in [1.29, 1.82) is 0 Å². The van der Waals surface area contributed by atoms with Crippen LogP contribution >= 0.6 is 0 Å². The van der Waals surface area contributed by atoms with E-state index >= 15 is 0 Å². The lowest BCUT2D eigenvalue weighted by Crippen LogP contribution is -2.53. The average Bonchev–Trinajstić information content (AvgIpc) is 3.33. The first-order chi connectivity index (χ1) is 14.9. The molecule has 0 radical (unpaired) electrons. The molecule has 158 valence electrons. The van der Waals surface area contributed by atoms with Gasteiger partial charge in [0.25, 0.3) is 0 Å². The predicted molar refractivity (Wildman–Crippen MR) is 108 cm³/mol. The molecule has 0 bridgehead atoms. The van der Waals surface area contributed by atoms with E-state index in [0.29, 0.717) is 16.9 Å². The van der Waals surface area contributed by atoms with E-state index in [9.17, 15) is 24.3 Å². The number of hydrogen-bond acceptors (Lipinski definition) is 7. The van der Waals surface area contributed by atoms with Gasteiger partial charge in [0, 0.05) is 24.2 Å². The Morgan fingerprint density at radius 1 is 1.10 bits per heavy atom. The molecule has 3 N–H and O–H groups in total. The summed E-state index contributed by atoms with van der Waals surface area (Å²) in [6.45, 7) is 0.866. The second-order valence-corrected chi connectivity index (χ2v) is 7.84. The summed E-state index contributed by atoms with van der Waals surface area (Å²) in [5, 5.41) is 15.8. The molecule has 3 heterocycles. The Morgan fingerprint density at radius 2 is 1.81 bits per heavy atom. The molecule has 3 aliphatic rings. The second-order valence-electron chi connectivity index (χ2n) is 7.84. The topological polar surface area (TPSA) is 125 Å². The van der Waals surface area contributed by atoms with Crippen molar-refractivity contribution in [3.8, 4) is 5.75 Å². The number of imide groups is 1. The molecule has 1 spiro atoms. The zero-order valence-corrected chi connectivity index (χ0v) is 16.5. The monoisotopic (exact) mass is 421 g/mol. The maximum absolute atomic E-state index is 13.6. The summed E-state index contributed by atoms with van der Waals surface area (Å²) < 4.78 is 5.00. The zero-order chi connectivity index (χ0) is 21.9. The fraction of sp³-hybridized carbons (Fsp3) is 0.273. The standard InChI is InChI=1S/C22H19N3O6/c1-11(27)31-13-8-6-12(7-9-13)25-19(28)17-16(10-26)24-22(18(17)20(25)29)14-4-2-3-5-15(14)23-21(22)30/h2-9,16-18,24,26H,10H2,1H3,(H,23,30)/t16-,17-,18-,22+/m0/s1. The minimum Gasteiger partial charge on any atom is -0.427 e. The fourth-order valence-corrected chi connectivity index (χ4v) is 5.00. The number of anilines is 2. The number of carbonyl (C=O) groups is 4. The molecule has 2 aromatic rings. The van der Waals surface area contributed by atoms with Crippen molar-refractivity contribution >= 4 is 35.1 Å². The molecular weight excluding hydrogens is 402 g/mol. The van der Waals surface area contributed by atoms with Crippen molar-refractivity contribution < 1.29 is 29.0 Å².